The Hall–Kier alpha value is -1.12. The highest BCUT2D eigenvalue weighted by Crippen LogP contribution is 2.49. The van der Waals surface area contributed by atoms with Gasteiger partial charge in [0.2, 0.25) is 0 Å². The molecule has 0 amide bonds. The van der Waals surface area contributed by atoms with Gasteiger partial charge in [-0.05, 0) is 43.4 Å². The summed E-state index contributed by atoms with van der Waals surface area (Å²) in [6.45, 7) is 4.60. The van der Waals surface area contributed by atoms with Gasteiger partial charge in [0.05, 0.1) is 12.8 Å². The number of benzene rings is 1. The zero-order chi connectivity index (χ0) is 17.7. The van der Waals surface area contributed by atoms with Gasteiger partial charge in [-0.15, -0.1) is 0 Å². The molecule has 0 bridgehead atoms. The van der Waals surface area contributed by atoms with Crippen molar-refractivity contribution in [2.24, 2.45) is 0 Å². The first kappa shape index (κ1) is 20.9. The molecule has 1 unspecified atom stereocenters. The van der Waals surface area contributed by atoms with Crippen LogP contribution < -0.4 is 4.52 Å². The first-order valence-electron chi connectivity index (χ1n) is 9.09. The van der Waals surface area contributed by atoms with Gasteiger partial charge in [-0.3, -0.25) is 4.52 Å². The van der Waals surface area contributed by atoms with Crippen molar-refractivity contribution in [1.82, 2.24) is 0 Å². The van der Waals surface area contributed by atoms with E-state index in [-0.39, 0.29) is 0 Å². The molecule has 0 aromatic heterocycles. The lowest BCUT2D eigenvalue weighted by Gasteiger charge is -2.19. The van der Waals surface area contributed by atoms with E-state index in [1.54, 1.807) is 0 Å². The summed E-state index contributed by atoms with van der Waals surface area (Å²) in [5.41, 5.74) is 1.09. The molecule has 0 N–H and O–H groups in total. The number of carbonyl (C=O) groups is 1. The number of hydrogen-bond acceptors (Lipinski definition) is 4. The molecule has 0 radical (unpaired) electrons. The molecular weight excluding hydrogens is 323 g/mol. The summed E-state index contributed by atoms with van der Waals surface area (Å²) in [4.78, 5) is 10.4. The van der Waals surface area contributed by atoms with E-state index in [2.05, 4.69) is 6.92 Å². The van der Waals surface area contributed by atoms with Crippen molar-refractivity contribution < 1.29 is 18.4 Å². The van der Waals surface area contributed by atoms with E-state index < -0.39 is 7.60 Å². The molecule has 1 atom stereocenters. The van der Waals surface area contributed by atoms with Crippen LogP contribution in [0.5, 0.6) is 5.75 Å². The van der Waals surface area contributed by atoms with Gasteiger partial charge in [0.1, 0.15) is 12.0 Å². The minimum absolute atomic E-state index is 0.448. The van der Waals surface area contributed by atoms with Crippen LogP contribution in [0.2, 0.25) is 0 Å². The summed E-state index contributed by atoms with van der Waals surface area (Å²) in [5, 5.41) is 0. The van der Waals surface area contributed by atoms with Gasteiger partial charge in [0.25, 0.3) is 0 Å². The minimum atomic E-state index is -3.11. The molecule has 1 aromatic carbocycles. The van der Waals surface area contributed by atoms with E-state index in [0.717, 1.165) is 56.8 Å². The summed E-state index contributed by atoms with van der Waals surface area (Å²) < 4.78 is 24.4. The number of aldehydes is 1. The second-order valence-corrected chi connectivity index (χ2v) is 8.14. The lowest BCUT2D eigenvalue weighted by atomic mass is 10.1. The highest BCUT2D eigenvalue weighted by molar-refractivity contribution is 7.54. The number of unbranched alkanes of at least 4 members (excludes halogenated alkanes) is 4. The molecule has 1 rings (SSSR count). The summed E-state index contributed by atoms with van der Waals surface area (Å²) in [5.74, 6) is 0.591. The van der Waals surface area contributed by atoms with Crippen LogP contribution >= 0.6 is 7.60 Å². The number of carbonyl (C=O) groups excluding carboxylic acids is 1. The molecule has 0 aliphatic heterocycles. The van der Waals surface area contributed by atoms with Crippen molar-refractivity contribution >= 4 is 13.9 Å². The fourth-order valence-corrected chi connectivity index (χ4v) is 4.19. The molecule has 136 valence electrons. The lowest BCUT2D eigenvalue weighted by molar-refractivity contribution is -0.107. The van der Waals surface area contributed by atoms with Crippen LogP contribution in [0, 0.1) is 0 Å². The Bertz CT molecular complexity index is 516. The van der Waals surface area contributed by atoms with Crippen LogP contribution in [0.4, 0.5) is 0 Å². The Balaban J connectivity index is 2.68. The number of hydrogen-bond donors (Lipinski definition) is 0. The van der Waals surface area contributed by atoms with E-state index in [0.29, 0.717) is 24.9 Å². The van der Waals surface area contributed by atoms with Crippen molar-refractivity contribution in [2.75, 3.05) is 12.8 Å². The summed E-state index contributed by atoms with van der Waals surface area (Å²) in [7, 11) is -3.11. The first-order valence-corrected chi connectivity index (χ1v) is 10.8. The van der Waals surface area contributed by atoms with Crippen LogP contribution in [-0.2, 0) is 20.3 Å². The molecule has 0 aliphatic rings. The summed E-state index contributed by atoms with van der Waals surface area (Å²) >= 11 is 0. The van der Waals surface area contributed by atoms with Crippen molar-refractivity contribution in [1.29, 1.82) is 0 Å². The molecule has 0 saturated carbocycles. The van der Waals surface area contributed by atoms with Crippen LogP contribution in [0.1, 0.15) is 64.4 Å². The third-order valence-electron chi connectivity index (χ3n) is 3.71. The fraction of sp³-hybridized carbons (Fsp3) is 0.632. The topological polar surface area (TPSA) is 52.6 Å². The Kier molecular flexibility index (Phi) is 10.7. The maximum absolute atomic E-state index is 13.0. The standard InChI is InChI=1S/C19H31O4P/c1-3-5-6-9-16-24(21,22-15-4-2)23-19-13-10-12-18(17-19)11-7-8-14-20/h10,12-14,17H,3-9,11,15-16H2,1-2H3. The van der Waals surface area contributed by atoms with Gasteiger partial charge >= 0.3 is 7.60 Å². The third-order valence-corrected chi connectivity index (χ3v) is 5.64. The maximum Gasteiger partial charge on any atom is 0.379 e. The van der Waals surface area contributed by atoms with E-state index in [1.165, 1.54) is 0 Å². The molecule has 0 spiro atoms. The van der Waals surface area contributed by atoms with Gasteiger partial charge in [-0.25, -0.2) is 4.57 Å². The number of rotatable bonds is 14. The average molecular weight is 354 g/mol. The van der Waals surface area contributed by atoms with Crippen molar-refractivity contribution in [3.8, 4) is 5.75 Å². The molecule has 0 aliphatic carbocycles. The fourth-order valence-electron chi connectivity index (χ4n) is 2.41. The van der Waals surface area contributed by atoms with Gasteiger partial charge in [0.15, 0.2) is 0 Å². The molecule has 24 heavy (non-hydrogen) atoms. The van der Waals surface area contributed by atoms with E-state index >= 15 is 0 Å². The maximum atomic E-state index is 13.0. The third kappa shape index (κ3) is 8.65. The predicted molar refractivity (Wildman–Crippen MR) is 98.9 cm³/mol. The van der Waals surface area contributed by atoms with Gasteiger partial charge in [-0.1, -0.05) is 45.2 Å². The quantitative estimate of drug-likeness (QED) is 0.241. The highest BCUT2D eigenvalue weighted by atomic mass is 31.2. The average Bonchev–Trinajstić information content (AvgIpc) is 2.58. The van der Waals surface area contributed by atoms with E-state index in [1.807, 2.05) is 31.2 Å². The van der Waals surface area contributed by atoms with Crippen molar-refractivity contribution in [3.63, 3.8) is 0 Å². The lowest BCUT2D eigenvalue weighted by Crippen LogP contribution is -2.04. The van der Waals surface area contributed by atoms with Crippen LogP contribution in [-0.4, -0.2) is 19.1 Å². The predicted octanol–water partition coefficient (Wildman–Crippen LogP) is 5.79. The smallest absolute Gasteiger partial charge is 0.379 e. The second-order valence-electron chi connectivity index (χ2n) is 6.03. The molecule has 0 saturated heterocycles. The number of aryl methyl sites for hydroxylation is 1. The Labute approximate surface area is 146 Å². The molecule has 1 aromatic rings. The van der Waals surface area contributed by atoms with Crippen LogP contribution in [0.25, 0.3) is 0 Å². The molecule has 0 heterocycles. The van der Waals surface area contributed by atoms with E-state index in [4.69, 9.17) is 9.05 Å². The molecular formula is C19H31O4P. The van der Waals surface area contributed by atoms with Gasteiger partial charge in [-0.2, -0.15) is 0 Å². The van der Waals surface area contributed by atoms with Crippen molar-refractivity contribution in [2.45, 2.75) is 65.2 Å². The zero-order valence-corrected chi connectivity index (χ0v) is 15.9. The minimum Gasteiger partial charge on any atom is -0.424 e. The molecule has 5 heteroatoms. The summed E-state index contributed by atoms with van der Waals surface area (Å²) in [6.07, 6.45) is 8.57. The second kappa shape index (κ2) is 12.3. The van der Waals surface area contributed by atoms with Crippen LogP contribution in [0.3, 0.4) is 0 Å². The van der Waals surface area contributed by atoms with Gasteiger partial charge < -0.3 is 9.32 Å². The van der Waals surface area contributed by atoms with Crippen LogP contribution in [0.15, 0.2) is 24.3 Å². The Morgan fingerprint density at radius 3 is 2.62 bits per heavy atom. The molecule has 4 nitrogen and oxygen atoms in total. The van der Waals surface area contributed by atoms with Gasteiger partial charge in [0, 0.05) is 6.42 Å². The first-order chi connectivity index (χ1) is 11.6. The van der Waals surface area contributed by atoms with Crippen molar-refractivity contribution in [3.05, 3.63) is 29.8 Å². The normalized spacial score (nSPS) is 13.4. The molecule has 0 fully saturated rings. The zero-order valence-electron chi connectivity index (χ0n) is 15.0. The Morgan fingerprint density at radius 2 is 1.92 bits per heavy atom. The Morgan fingerprint density at radius 1 is 1.08 bits per heavy atom. The SMILES string of the molecule is CCCCCCP(=O)(OCCC)Oc1cccc(CCCC=O)c1. The largest absolute Gasteiger partial charge is 0.424 e. The summed E-state index contributed by atoms with van der Waals surface area (Å²) in [6, 6.07) is 7.61. The monoisotopic (exact) mass is 354 g/mol. The highest BCUT2D eigenvalue weighted by Gasteiger charge is 2.25. The van der Waals surface area contributed by atoms with E-state index in [9.17, 15) is 9.36 Å².